The second-order valence-electron chi connectivity index (χ2n) is 14.5. The van der Waals surface area contributed by atoms with Crippen molar-refractivity contribution in [1.29, 1.82) is 0 Å². The molecule has 11 aromatic rings. The lowest BCUT2D eigenvalue weighted by molar-refractivity contribution is 0.669. The SMILES string of the molecule is c1ccc(N(c2ccc(-c3ccc4ccccc4c3)cc2)c2ccccc2-c2nc(-c3ccc4ccccc4c3)nc(-c3ccc4c(c3)oc3ccccc34)n2)cc1. The first-order chi connectivity index (χ1) is 28.7. The number of hydrogen-bond donors (Lipinski definition) is 0. The second kappa shape index (κ2) is 14.0. The number of hydrogen-bond acceptors (Lipinski definition) is 5. The van der Waals surface area contributed by atoms with Gasteiger partial charge in [-0.25, -0.2) is 15.0 Å². The Kier molecular flexibility index (Phi) is 8.07. The number of furan rings is 1. The van der Waals surface area contributed by atoms with Crippen LogP contribution in [-0.4, -0.2) is 15.0 Å². The molecule has 11 rings (SSSR count). The Balaban J connectivity index is 1.07. The summed E-state index contributed by atoms with van der Waals surface area (Å²) in [5.41, 5.74) is 9.58. The van der Waals surface area contributed by atoms with E-state index in [4.69, 9.17) is 19.4 Å². The fourth-order valence-corrected chi connectivity index (χ4v) is 7.98. The van der Waals surface area contributed by atoms with Crippen molar-refractivity contribution < 1.29 is 4.42 Å². The summed E-state index contributed by atoms with van der Waals surface area (Å²) < 4.78 is 6.32. The normalized spacial score (nSPS) is 11.4. The first-order valence-corrected chi connectivity index (χ1v) is 19.4. The molecule has 0 saturated heterocycles. The fraction of sp³-hybridized carbons (Fsp3) is 0. The van der Waals surface area contributed by atoms with Gasteiger partial charge in [0, 0.05) is 38.8 Å². The molecule has 5 nitrogen and oxygen atoms in total. The van der Waals surface area contributed by atoms with Gasteiger partial charge in [0.15, 0.2) is 17.5 Å². The maximum absolute atomic E-state index is 6.32. The number of aromatic nitrogens is 3. The van der Waals surface area contributed by atoms with E-state index in [-0.39, 0.29) is 0 Å². The summed E-state index contributed by atoms with van der Waals surface area (Å²) in [6, 6.07) is 71.8. The summed E-state index contributed by atoms with van der Waals surface area (Å²) >= 11 is 0. The molecule has 272 valence electrons. The molecule has 0 fully saturated rings. The Morgan fingerprint density at radius 3 is 1.60 bits per heavy atom. The number of rotatable bonds is 7. The molecule has 0 unspecified atom stereocenters. The zero-order valence-corrected chi connectivity index (χ0v) is 31.3. The quantitative estimate of drug-likeness (QED) is 0.163. The van der Waals surface area contributed by atoms with Gasteiger partial charge < -0.3 is 9.32 Å². The molecule has 0 saturated carbocycles. The van der Waals surface area contributed by atoms with Gasteiger partial charge in [-0.3, -0.25) is 0 Å². The molecular formula is C53H34N4O. The van der Waals surface area contributed by atoms with Crippen LogP contribution in [0.4, 0.5) is 17.1 Å². The van der Waals surface area contributed by atoms with Gasteiger partial charge in [-0.2, -0.15) is 0 Å². The van der Waals surface area contributed by atoms with E-state index in [0.717, 1.165) is 72.0 Å². The van der Waals surface area contributed by atoms with Crippen LogP contribution in [0.2, 0.25) is 0 Å². The summed E-state index contributed by atoms with van der Waals surface area (Å²) in [5.74, 6) is 1.73. The van der Waals surface area contributed by atoms with E-state index in [1.54, 1.807) is 0 Å². The summed E-state index contributed by atoms with van der Waals surface area (Å²) in [7, 11) is 0. The van der Waals surface area contributed by atoms with Gasteiger partial charge in [-0.1, -0.05) is 140 Å². The maximum Gasteiger partial charge on any atom is 0.166 e. The molecule has 0 aliphatic heterocycles. The smallest absolute Gasteiger partial charge is 0.166 e. The van der Waals surface area contributed by atoms with Crippen molar-refractivity contribution in [2.45, 2.75) is 0 Å². The molecular weight excluding hydrogens is 709 g/mol. The maximum atomic E-state index is 6.32. The monoisotopic (exact) mass is 742 g/mol. The van der Waals surface area contributed by atoms with Crippen LogP contribution in [-0.2, 0) is 0 Å². The first kappa shape index (κ1) is 33.4. The number of fused-ring (bicyclic) bond motifs is 5. The van der Waals surface area contributed by atoms with Gasteiger partial charge in [0.25, 0.3) is 0 Å². The van der Waals surface area contributed by atoms with Crippen LogP contribution in [0.25, 0.3) is 88.8 Å². The molecule has 0 atom stereocenters. The highest BCUT2D eigenvalue weighted by Gasteiger charge is 2.21. The van der Waals surface area contributed by atoms with Crippen molar-refractivity contribution >= 4 is 60.5 Å². The summed E-state index contributed by atoms with van der Waals surface area (Å²) in [4.78, 5) is 17.9. The molecule has 9 aromatic carbocycles. The van der Waals surface area contributed by atoms with Crippen LogP contribution in [0, 0.1) is 0 Å². The van der Waals surface area contributed by atoms with E-state index in [0.29, 0.717) is 17.5 Å². The molecule has 5 heteroatoms. The lowest BCUT2D eigenvalue weighted by atomic mass is 10.0. The second-order valence-corrected chi connectivity index (χ2v) is 14.5. The van der Waals surface area contributed by atoms with Crippen LogP contribution in [0.3, 0.4) is 0 Å². The van der Waals surface area contributed by atoms with E-state index in [9.17, 15) is 0 Å². The summed E-state index contributed by atoms with van der Waals surface area (Å²) in [6.45, 7) is 0. The number of para-hydroxylation sites is 3. The van der Waals surface area contributed by atoms with E-state index in [2.05, 4.69) is 175 Å². The van der Waals surface area contributed by atoms with E-state index in [1.807, 2.05) is 36.4 Å². The molecule has 0 aliphatic carbocycles. The molecule has 0 bridgehead atoms. The number of nitrogens with zero attached hydrogens (tertiary/aromatic N) is 4. The minimum absolute atomic E-state index is 0.566. The van der Waals surface area contributed by atoms with Crippen molar-refractivity contribution in [3.8, 4) is 45.3 Å². The standard InChI is InChI=1S/C53H34N4O/c1-2-16-43(17-3-1)57(44-29-26-37(27-30-44)40-24-22-35-12-4-6-14-38(35)32-40)48-20-10-8-19-47(48)53-55-51(41-25-23-36-13-5-7-15-39(36)33-41)54-52(56-53)42-28-31-46-45-18-9-11-21-49(45)58-50(46)34-42/h1-34H. The van der Waals surface area contributed by atoms with Crippen LogP contribution >= 0.6 is 0 Å². The van der Waals surface area contributed by atoms with Gasteiger partial charge >= 0.3 is 0 Å². The third kappa shape index (κ3) is 6.03. The Labute approximate surface area is 335 Å². The van der Waals surface area contributed by atoms with Crippen LogP contribution in [0.15, 0.2) is 211 Å². The van der Waals surface area contributed by atoms with Gasteiger partial charge in [-0.15, -0.1) is 0 Å². The average molecular weight is 743 g/mol. The average Bonchev–Trinajstić information content (AvgIpc) is 3.67. The molecule has 2 heterocycles. The Morgan fingerprint density at radius 2 is 0.845 bits per heavy atom. The van der Waals surface area contributed by atoms with Crippen LogP contribution in [0.5, 0.6) is 0 Å². The van der Waals surface area contributed by atoms with Gasteiger partial charge in [0.2, 0.25) is 0 Å². The highest BCUT2D eigenvalue weighted by atomic mass is 16.3. The third-order valence-electron chi connectivity index (χ3n) is 10.9. The predicted molar refractivity (Wildman–Crippen MR) is 239 cm³/mol. The summed E-state index contributed by atoms with van der Waals surface area (Å²) in [5, 5.41) is 6.87. The van der Waals surface area contributed by atoms with Crippen molar-refractivity contribution in [3.63, 3.8) is 0 Å². The van der Waals surface area contributed by atoms with Crippen LogP contribution in [0.1, 0.15) is 0 Å². The minimum Gasteiger partial charge on any atom is -0.456 e. The zero-order chi connectivity index (χ0) is 38.4. The Morgan fingerprint density at radius 1 is 0.328 bits per heavy atom. The topological polar surface area (TPSA) is 55.1 Å². The molecule has 0 N–H and O–H groups in total. The highest BCUT2D eigenvalue weighted by Crippen LogP contribution is 2.41. The molecule has 2 aromatic heterocycles. The third-order valence-corrected chi connectivity index (χ3v) is 10.9. The van der Waals surface area contributed by atoms with Gasteiger partial charge in [-0.05, 0) is 99.4 Å². The molecule has 0 aliphatic rings. The van der Waals surface area contributed by atoms with E-state index >= 15 is 0 Å². The Bertz CT molecular complexity index is 3300. The lowest BCUT2D eigenvalue weighted by Crippen LogP contribution is -2.12. The molecule has 0 radical (unpaired) electrons. The molecule has 0 amide bonds. The number of anilines is 3. The summed E-state index contributed by atoms with van der Waals surface area (Å²) in [6.07, 6.45) is 0. The fourth-order valence-electron chi connectivity index (χ4n) is 7.98. The van der Waals surface area contributed by atoms with Crippen molar-refractivity contribution in [1.82, 2.24) is 15.0 Å². The van der Waals surface area contributed by atoms with E-state index in [1.165, 1.54) is 16.3 Å². The lowest BCUT2D eigenvalue weighted by Gasteiger charge is -2.27. The van der Waals surface area contributed by atoms with E-state index < -0.39 is 0 Å². The van der Waals surface area contributed by atoms with Gasteiger partial charge in [0.05, 0.1) is 5.69 Å². The highest BCUT2D eigenvalue weighted by molar-refractivity contribution is 6.05. The van der Waals surface area contributed by atoms with Crippen molar-refractivity contribution in [3.05, 3.63) is 206 Å². The molecule has 58 heavy (non-hydrogen) atoms. The largest absolute Gasteiger partial charge is 0.456 e. The first-order valence-electron chi connectivity index (χ1n) is 19.4. The van der Waals surface area contributed by atoms with Crippen LogP contribution < -0.4 is 4.90 Å². The van der Waals surface area contributed by atoms with Gasteiger partial charge in [0.1, 0.15) is 11.2 Å². The predicted octanol–water partition coefficient (Wildman–Crippen LogP) is 14.2. The number of benzene rings is 9. The Hall–Kier alpha value is -7.89. The van der Waals surface area contributed by atoms with Crippen molar-refractivity contribution in [2.75, 3.05) is 4.90 Å². The van der Waals surface area contributed by atoms with Crippen molar-refractivity contribution in [2.24, 2.45) is 0 Å². The molecule has 0 spiro atoms. The zero-order valence-electron chi connectivity index (χ0n) is 31.3. The minimum atomic E-state index is 0.566.